The Balaban J connectivity index is 2.52. The van der Waals surface area contributed by atoms with Gasteiger partial charge in [-0.25, -0.2) is 0 Å². The van der Waals surface area contributed by atoms with Crippen molar-refractivity contribution >= 4 is 5.78 Å². The van der Waals surface area contributed by atoms with E-state index in [4.69, 9.17) is 4.74 Å². The van der Waals surface area contributed by atoms with Crippen LogP contribution in [0.1, 0.15) is 38.7 Å². The van der Waals surface area contributed by atoms with E-state index in [0.29, 0.717) is 13.0 Å². The molecule has 2 nitrogen and oxygen atoms in total. The highest BCUT2D eigenvalue weighted by Crippen LogP contribution is 2.41. The molecular formula is C14H18O2. The maximum Gasteiger partial charge on any atom is 0.144 e. The fourth-order valence-electron chi connectivity index (χ4n) is 2.38. The molecule has 0 bridgehead atoms. The van der Waals surface area contributed by atoms with E-state index in [1.54, 1.807) is 0 Å². The highest BCUT2D eigenvalue weighted by molar-refractivity contribution is 5.87. The van der Waals surface area contributed by atoms with Gasteiger partial charge in [-0.05, 0) is 11.5 Å². The number of benzene rings is 1. The monoisotopic (exact) mass is 218 g/mol. The van der Waals surface area contributed by atoms with E-state index in [9.17, 15) is 4.79 Å². The number of rotatable bonds is 0. The van der Waals surface area contributed by atoms with Gasteiger partial charge < -0.3 is 4.74 Å². The largest absolute Gasteiger partial charge is 0.493 e. The molecular weight excluding hydrogens is 200 g/mol. The summed E-state index contributed by atoms with van der Waals surface area (Å²) in [5, 5.41) is 0. The smallest absolute Gasteiger partial charge is 0.144 e. The van der Waals surface area contributed by atoms with Crippen LogP contribution < -0.4 is 4.74 Å². The molecule has 86 valence electrons. The molecule has 2 heteroatoms. The van der Waals surface area contributed by atoms with Gasteiger partial charge in [0, 0.05) is 12.0 Å². The highest BCUT2D eigenvalue weighted by Gasteiger charge is 2.35. The summed E-state index contributed by atoms with van der Waals surface area (Å²) >= 11 is 0. The van der Waals surface area contributed by atoms with E-state index in [2.05, 4.69) is 20.8 Å². The van der Waals surface area contributed by atoms with Crippen molar-refractivity contribution in [1.82, 2.24) is 0 Å². The Morgan fingerprint density at radius 1 is 1.25 bits per heavy atom. The van der Waals surface area contributed by atoms with Crippen molar-refractivity contribution in [3.8, 4) is 5.75 Å². The zero-order valence-electron chi connectivity index (χ0n) is 10.1. The second kappa shape index (κ2) is 3.93. The molecule has 0 amide bonds. The molecule has 1 aliphatic heterocycles. The van der Waals surface area contributed by atoms with Crippen LogP contribution in [0.15, 0.2) is 24.3 Å². The van der Waals surface area contributed by atoms with Crippen LogP contribution in [-0.2, 0) is 4.79 Å². The van der Waals surface area contributed by atoms with Crippen LogP contribution in [0.3, 0.4) is 0 Å². The quantitative estimate of drug-likeness (QED) is 0.668. The average Bonchev–Trinajstić information content (AvgIpc) is 2.34. The molecule has 16 heavy (non-hydrogen) atoms. The second-order valence-electron chi connectivity index (χ2n) is 5.40. The molecule has 1 aromatic rings. The van der Waals surface area contributed by atoms with Crippen molar-refractivity contribution in [3.05, 3.63) is 29.8 Å². The number of ether oxygens (including phenoxy) is 1. The number of Topliss-reactive ketones (excluding diaryl/α,β-unsaturated/α-hetero) is 1. The zero-order valence-corrected chi connectivity index (χ0v) is 10.1. The van der Waals surface area contributed by atoms with Crippen molar-refractivity contribution in [2.45, 2.75) is 33.1 Å². The van der Waals surface area contributed by atoms with Crippen LogP contribution >= 0.6 is 0 Å². The van der Waals surface area contributed by atoms with Gasteiger partial charge in [-0.15, -0.1) is 0 Å². The Morgan fingerprint density at radius 2 is 1.94 bits per heavy atom. The lowest BCUT2D eigenvalue weighted by Crippen LogP contribution is -2.25. The number of carbonyl (C=O) groups excluding carboxylic acids is 1. The van der Waals surface area contributed by atoms with Crippen molar-refractivity contribution < 1.29 is 9.53 Å². The predicted octanol–water partition coefficient (Wildman–Crippen LogP) is 3.17. The first-order valence-electron chi connectivity index (χ1n) is 5.74. The molecule has 0 aliphatic carbocycles. The first kappa shape index (κ1) is 11.2. The molecule has 1 heterocycles. The molecule has 0 spiro atoms. The number of ketones is 1. The van der Waals surface area contributed by atoms with Crippen molar-refractivity contribution in [2.24, 2.45) is 5.41 Å². The molecule has 1 aliphatic rings. The lowest BCUT2D eigenvalue weighted by molar-refractivity contribution is -0.122. The summed E-state index contributed by atoms with van der Waals surface area (Å²) in [6.45, 7) is 6.83. The second-order valence-corrected chi connectivity index (χ2v) is 5.40. The van der Waals surface area contributed by atoms with E-state index in [-0.39, 0.29) is 17.1 Å². The van der Waals surface area contributed by atoms with Gasteiger partial charge in [0.2, 0.25) is 0 Å². The molecule has 0 aromatic heterocycles. The maximum absolute atomic E-state index is 12.1. The van der Waals surface area contributed by atoms with Crippen molar-refractivity contribution in [1.29, 1.82) is 0 Å². The van der Waals surface area contributed by atoms with Gasteiger partial charge in [0.05, 0.1) is 12.5 Å². The number of hydrogen-bond acceptors (Lipinski definition) is 2. The van der Waals surface area contributed by atoms with Gasteiger partial charge in [-0.1, -0.05) is 39.0 Å². The van der Waals surface area contributed by atoms with Crippen molar-refractivity contribution in [3.63, 3.8) is 0 Å². The minimum absolute atomic E-state index is 0.0498. The minimum Gasteiger partial charge on any atom is -0.493 e. The van der Waals surface area contributed by atoms with E-state index in [1.165, 1.54) is 0 Å². The SMILES string of the molecule is CC(C)(C)C1C(=O)CCOc2ccccc21. The Morgan fingerprint density at radius 3 is 2.62 bits per heavy atom. The number of fused-ring (bicyclic) bond motifs is 1. The van der Waals surface area contributed by atoms with Crippen LogP contribution in [-0.4, -0.2) is 12.4 Å². The topological polar surface area (TPSA) is 26.3 Å². The van der Waals surface area contributed by atoms with Gasteiger partial charge in [-0.2, -0.15) is 0 Å². The third-order valence-electron chi connectivity index (χ3n) is 3.02. The van der Waals surface area contributed by atoms with Crippen LogP contribution in [0.2, 0.25) is 0 Å². The van der Waals surface area contributed by atoms with E-state index in [1.807, 2.05) is 24.3 Å². The summed E-state index contributed by atoms with van der Waals surface area (Å²) in [5.74, 6) is 1.11. The molecule has 0 saturated heterocycles. The predicted molar refractivity (Wildman–Crippen MR) is 63.8 cm³/mol. The third-order valence-corrected chi connectivity index (χ3v) is 3.02. The molecule has 2 rings (SSSR count). The fourth-order valence-corrected chi connectivity index (χ4v) is 2.38. The van der Waals surface area contributed by atoms with Gasteiger partial charge in [0.1, 0.15) is 11.5 Å². The standard InChI is InChI=1S/C14H18O2/c1-14(2,3)13-10-6-4-5-7-12(10)16-9-8-11(13)15/h4-7,13H,8-9H2,1-3H3. The normalized spacial score (nSPS) is 20.9. The lowest BCUT2D eigenvalue weighted by atomic mass is 9.73. The highest BCUT2D eigenvalue weighted by atomic mass is 16.5. The van der Waals surface area contributed by atoms with Crippen LogP contribution in [0, 0.1) is 5.41 Å². The molecule has 0 N–H and O–H groups in total. The third kappa shape index (κ3) is 1.97. The van der Waals surface area contributed by atoms with Crippen LogP contribution in [0.25, 0.3) is 0 Å². The van der Waals surface area contributed by atoms with E-state index >= 15 is 0 Å². The Bertz CT molecular complexity index is 401. The summed E-state index contributed by atoms with van der Waals surface area (Å²) in [5.41, 5.74) is 0.985. The molecule has 0 saturated carbocycles. The first-order valence-corrected chi connectivity index (χ1v) is 5.74. The Hall–Kier alpha value is -1.31. The molecule has 0 radical (unpaired) electrons. The summed E-state index contributed by atoms with van der Waals surface area (Å²) < 4.78 is 5.62. The number of para-hydroxylation sites is 1. The van der Waals surface area contributed by atoms with Crippen LogP contribution in [0.5, 0.6) is 5.75 Å². The first-order chi connectivity index (χ1) is 7.50. The lowest BCUT2D eigenvalue weighted by Gasteiger charge is -2.29. The molecule has 0 fully saturated rings. The van der Waals surface area contributed by atoms with Gasteiger partial charge in [-0.3, -0.25) is 4.79 Å². The fraction of sp³-hybridized carbons (Fsp3) is 0.500. The van der Waals surface area contributed by atoms with Gasteiger partial charge in [0.15, 0.2) is 0 Å². The summed E-state index contributed by atoms with van der Waals surface area (Å²) in [6, 6.07) is 7.88. The maximum atomic E-state index is 12.1. The molecule has 1 atom stereocenters. The Labute approximate surface area is 96.6 Å². The summed E-state index contributed by atoms with van der Waals surface area (Å²) in [4.78, 5) is 12.1. The van der Waals surface area contributed by atoms with E-state index in [0.717, 1.165) is 11.3 Å². The zero-order chi connectivity index (χ0) is 11.8. The number of hydrogen-bond donors (Lipinski definition) is 0. The number of carbonyl (C=O) groups is 1. The van der Waals surface area contributed by atoms with Gasteiger partial charge >= 0.3 is 0 Å². The van der Waals surface area contributed by atoms with Gasteiger partial charge in [0.25, 0.3) is 0 Å². The molecule has 1 unspecified atom stereocenters. The Kier molecular flexibility index (Phi) is 2.75. The molecule has 1 aromatic carbocycles. The van der Waals surface area contributed by atoms with Crippen molar-refractivity contribution in [2.75, 3.05) is 6.61 Å². The van der Waals surface area contributed by atoms with E-state index < -0.39 is 0 Å². The minimum atomic E-state index is -0.0547. The average molecular weight is 218 g/mol. The summed E-state index contributed by atoms with van der Waals surface area (Å²) in [6.07, 6.45) is 0.511. The summed E-state index contributed by atoms with van der Waals surface area (Å²) in [7, 11) is 0. The van der Waals surface area contributed by atoms with Crippen LogP contribution in [0.4, 0.5) is 0 Å².